The predicted octanol–water partition coefficient (Wildman–Crippen LogP) is 5.94. The fourth-order valence-electron chi connectivity index (χ4n) is 11.2. The van der Waals surface area contributed by atoms with Crippen molar-refractivity contribution in [1.29, 1.82) is 0 Å². The summed E-state index contributed by atoms with van der Waals surface area (Å²) in [5, 5.41) is 24.5. The summed E-state index contributed by atoms with van der Waals surface area (Å²) >= 11 is 6.79. The van der Waals surface area contributed by atoms with Gasteiger partial charge in [0, 0.05) is 77.3 Å². The van der Waals surface area contributed by atoms with Gasteiger partial charge in [0.2, 0.25) is 29.9 Å². The molecule has 0 unspecified atom stereocenters. The van der Waals surface area contributed by atoms with E-state index in [2.05, 4.69) is 26.6 Å². The summed E-state index contributed by atoms with van der Waals surface area (Å²) in [6.45, 7) is 9.80. The number of anilines is 2. The molecule has 0 spiro atoms. The highest BCUT2D eigenvalue weighted by Crippen LogP contribution is 2.51. The van der Waals surface area contributed by atoms with Crippen LogP contribution in [0.1, 0.15) is 121 Å². The number of amides is 10. The van der Waals surface area contributed by atoms with Gasteiger partial charge in [-0.3, -0.25) is 43.8 Å². The van der Waals surface area contributed by atoms with Gasteiger partial charge in [0.05, 0.1) is 35.4 Å². The van der Waals surface area contributed by atoms with Gasteiger partial charge in [-0.1, -0.05) is 69.5 Å². The number of fused-ring (bicyclic) bond motifs is 5. The first-order chi connectivity index (χ1) is 42.7. The molecule has 2 fully saturated rings. The first-order valence-electron chi connectivity index (χ1n) is 29.8. The van der Waals surface area contributed by atoms with Crippen LogP contribution in [-0.4, -0.2) is 164 Å². The average Bonchev–Trinajstić information content (AvgIpc) is 0.994. The van der Waals surface area contributed by atoms with Crippen molar-refractivity contribution in [1.82, 2.24) is 31.1 Å². The summed E-state index contributed by atoms with van der Waals surface area (Å²) < 4.78 is 74.3. The molecule has 4 aliphatic heterocycles. The smallest absolute Gasteiger partial charge is 0.417 e. The number of ether oxygens (including phenoxy) is 5. The molecular formula is C62H81ClF3N9O16. The summed E-state index contributed by atoms with van der Waals surface area (Å²) in [4.78, 5) is 135. The first-order valence-corrected chi connectivity index (χ1v) is 30.1. The van der Waals surface area contributed by atoms with Crippen molar-refractivity contribution in [3.63, 3.8) is 0 Å². The van der Waals surface area contributed by atoms with E-state index in [0.717, 1.165) is 35.2 Å². The van der Waals surface area contributed by atoms with E-state index in [-0.39, 0.29) is 56.6 Å². The Bertz CT molecular complexity index is 3180. The third-order valence-electron chi connectivity index (χ3n) is 16.7. The van der Waals surface area contributed by atoms with Crippen LogP contribution in [0.3, 0.4) is 0 Å². The van der Waals surface area contributed by atoms with Gasteiger partial charge < -0.3 is 65.6 Å². The van der Waals surface area contributed by atoms with Gasteiger partial charge in [-0.15, -0.1) is 0 Å². The molecule has 0 aliphatic carbocycles. The van der Waals surface area contributed by atoms with E-state index in [1.165, 1.54) is 45.2 Å². The van der Waals surface area contributed by atoms with Crippen molar-refractivity contribution in [3.05, 3.63) is 88.0 Å². The zero-order valence-electron chi connectivity index (χ0n) is 52.5. The molecule has 6 rings (SSSR count). The van der Waals surface area contributed by atoms with E-state index in [4.69, 9.17) is 41.0 Å². The first kappa shape index (κ1) is 72.0. The van der Waals surface area contributed by atoms with Crippen LogP contribution in [0.25, 0.3) is 0 Å². The van der Waals surface area contributed by atoms with Crippen LogP contribution in [0, 0.1) is 17.3 Å². The molecule has 0 aromatic heterocycles. The number of urea groups is 1. The molecule has 0 radical (unpaired) electrons. The summed E-state index contributed by atoms with van der Waals surface area (Å²) in [5.41, 5.74) is 0.944. The zero-order chi connectivity index (χ0) is 67.4. The van der Waals surface area contributed by atoms with E-state index in [1.54, 1.807) is 58.1 Å². The third kappa shape index (κ3) is 17.9. The van der Waals surface area contributed by atoms with Crippen molar-refractivity contribution in [2.24, 2.45) is 23.0 Å². The number of carbonyl (C=O) groups is 10. The molecule has 91 heavy (non-hydrogen) atoms. The fraction of sp³-hybridized carbons (Fsp3) is 0.548. The molecule has 29 heteroatoms. The molecular weight excluding hydrogens is 1220 g/mol. The normalized spacial score (nSPS) is 24.7. The van der Waals surface area contributed by atoms with Gasteiger partial charge in [-0.25, -0.2) is 14.4 Å². The minimum absolute atomic E-state index is 0.0250. The lowest BCUT2D eigenvalue weighted by Gasteiger charge is -2.56. The van der Waals surface area contributed by atoms with Crippen LogP contribution in [0.4, 0.5) is 34.1 Å². The van der Waals surface area contributed by atoms with Gasteiger partial charge in [0.1, 0.15) is 41.1 Å². The monoisotopic (exact) mass is 1300 g/mol. The Kier molecular flexibility index (Phi) is 24.4. The maximum Gasteiger partial charge on any atom is 0.417 e. The number of methoxy groups -OCH3 is 2. The average molecular weight is 1300 g/mol. The van der Waals surface area contributed by atoms with Crippen molar-refractivity contribution < 1.29 is 89.9 Å². The summed E-state index contributed by atoms with van der Waals surface area (Å²) in [6, 6.07) is 0.661. The molecule has 10 atom stereocenters. The van der Waals surface area contributed by atoms with Crippen LogP contribution in [0.15, 0.2) is 66.3 Å². The molecule has 25 nitrogen and oxygen atoms in total. The number of allylic oxidation sites excluding steroid dienone is 3. The van der Waals surface area contributed by atoms with Gasteiger partial charge >= 0.3 is 24.3 Å². The second-order valence-electron chi connectivity index (χ2n) is 23.8. The Balaban J connectivity index is 1.18. The van der Waals surface area contributed by atoms with E-state index in [1.807, 2.05) is 6.92 Å². The molecule has 4 heterocycles. The number of alkyl halides is 3. The van der Waals surface area contributed by atoms with Gasteiger partial charge in [-0.2, -0.15) is 13.2 Å². The minimum Gasteiger partial charge on any atom is -0.495 e. The van der Waals surface area contributed by atoms with Crippen LogP contribution in [-0.2, 0) is 65.1 Å². The molecule has 2 aromatic carbocycles. The van der Waals surface area contributed by atoms with E-state index < -0.39 is 148 Å². The number of halogens is 4. The standard InChI is InChI=1S/C62H81ClF3N9O16/c1-33(2)51(71-46(76)19-12-11-13-27-75-48(78)22-23-49(75)79)54(81)70-41(17-15-26-68-58(67)84)53(80)69-38-20-21-39(40(31-38)62(64,65)66)55(82)73(7)36(5)56(83)91-57-60(6)25-24-47(77)74(8)42-29-37(30-43(87-9)50(42)63)28-34(3)16-14-18-45(88-10)61(86)32-44(89-59(85)72-61)35(4)52(60)90-57/h14,16,18,20-23,29-31,33,35-36,41,44-45,51-52,57,86H,11-13,15,17,19,24-28,32H2,1-10H3,(H,69,80)(H,70,81)(H,71,76)(H,72,85)(H3,67,68,84)/b18-14+,34-16+/t35-,36+,41+,44+,45-,51+,52+,57+,60-,61+/m1/s1. The van der Waals surface area contributed by atoms with Crippen LogP contribution in [0.2, 0.25) is 5.02 Å². The van der Waals surface area contributed by atoms with Gasteiger partial charge in [0.25, 0.3) is 17.7 Å². The number of nitrogens with two attached hydrogens (primary N) is 1. The Morgan fingerprint density at radius 3 is 2.31 bits per heavy atom. The number of esters is 1. The van der Waals surface area contributed by atoms with Crippen molar-refractivity contribution in [3.8, 4) is 5.75 Å². The van der Waals surface area contributed by atoms with Gasteiger partial charge in [0.15, 0.2) is 5.72 Å². The quantitative estimate of drug-likeness (QED) is 0.0407. The van der Waals surface area contributed by atoms with Crippen LogP contribution < -0.4 is 42.0 Å². The zero-order valence-corrected chi connectivity index (χ0v) is 53.2. The third-order valence-corrected chi connectivity index (χ3v) is 17.1. The Labute approximate surface area is 530 Å². The van der Waals surface area contributed by atoms with E-state index in [9.17, 15) is 53.1 Å². The maximum atomic E-state index is 15.1. The number of likely N-dealkylation sites (N-methyl/N-ethyl adjacent to an activating group) is 1. The summed E-state index contributed by atoms with van der Waals surface area (Å²) in [5.74, 6) is -7.02. The number of rotatable bonds is 22. The van der Waals surface area contributed by atoms with E-state index >= 15 is 13.2 Å². The maximum absolute atomic E-state index is 15.1. The molecule has 4 aliphatic rings. The number of aliphatic hydroxyl groups is 1. The largest absolute Gasteiger partial charge is 0.495 e. The number of imide groups is 1. The Hall–Kier alpha value is -8.08. The highest BCUT2D eigenvalue weighted by atomic mass is 35.5. The molecule has 498 valence electrons. The molecule has 10 amide bonds. The molecule has 4 bridgehead atoms. The Morgan fingerprint density at radius 1 is 0.978 bits per heavy atom. The van der Waals surface area contributed by atoms with Crippen LogP contribution in [0.5, 0.6) is 5.75 Å². The molecule has 2 saturated heterocycles. The molecule has 0 saturated carbocycles. The molecule has 8 N–H and O–H groups in total. The number of primary amides is 1. The predicted molar refractivity (Wildman–Crippen MR) is 325 cm³/mol. The number of nitrogens with zero attached hydrogens (tertiary/aromatic N) is 3. The SMILES string of the molecule is COc1cc2cc(c1Cl)N(C)C(=O)CC[C@@]1(C)[C@H](OC(=O)[C@H](C)N(C)C(=O)c3ccc(NC(=O)[C@H](CCCNC(N)=O)NC(=O)[C@@H](NC(=O)CCCCCN4C(=O)C=CC4=O)C(C)C)cc3C(F)(F)F)O[C@H]1[C@H](C)[C@@H]1C[C@@](O)(NC(=O)O1)[C@H](OC)/C=C/C=C(\C)C2. The Morgan fingerprint density at radius 2 is 1.67 bits per heavy atom. The lowest BCUT2D eigenvalue weighted by Crippen LogP contribution is -2.68. The van der Waals surface area contributed by atoms with Gasteiger partial charge in [-0.05, 0) is 94.2 Å². The number of carbonyl (C=O) groups excluding carboxylic acids is 10. The van der Waals surface area contributed by atoms with Crippen molar-refractivity contribution >= 4 is 82.4 Å². The number of unbranched alkanes of at least 4 members (excludes halogenated alkanes) is 2. The lowest BCUT2D eigenvalue weighted by atomic mass is 9.68. The van der Waals surface area contributed by atoms with Crippen molar-refractivity contribution in [2.45, 2.75) is 160 Å². The van der Waals surface area contributed by atoms with Crippen molar-refractivity contribution in [2.75, 3.05) is 51.6 Å². The number of benzene rings is 2. The number of alkyl carbamates (subject to hydrolysis) is 1. The second kappa shape index (κ2) is 30.8. The lowest BCUT2D eigenvalue weighted by molar-refractivity contribution is -0.354. The number of hydrogen-bond acceptors (Lipinski definition) is 16. The summed E-state index contributed by atoms with van der Waals surface area (Å²) in [6.07, 6.45) is -2.36. The second-order valence-corrected chi connectivity index (χ2v) is 24.2. The van der Waals surface area contributed by atoms with E-state index in [0.29, 0.717) is 48.1 Å². The van der Waals surface area contributed by atoms with Crippen LogP contribution >= 0.6 is 11.6 Å². The summed E-state index contributed by atoms with van der Waals surface area (Å²) in [7, 11) is 5.40. The highest BCUT2D eigenvalue weighted by Gasteiger charge is 2.61. The topological polar surface area (TPSA) is 333 Å². The highest BCUT2D eigenvalue weighted by molar-refractivity contribution is 6.35. The number of hydrogen-bond donors (Lipinski definition) is 7. The number of nitrogens with one attached hydrogen (secondary N) is 5. The fourth-order valence-corrected chi connectivity index (χ4v) is 11.5. The molecule has 2 aromatic rings. The minimum atomic E-state index is -5.24.